The van der Waals surface area contributed by atoms with Gasteiger partial charge in [0.1, 0.15) is 17.5 Å². The van der Waals surface area contributed by atoms with Crippen LogP contribution in [0.1, 0.15) is 17.2 Å². The van der Waals surface area contributed by atoms with Crippen LogP contribution in [0.4, 0.5) is 5.69 Å². The number of hydrogen-bond acceptors (Lipinski definition) is 6. The Hall–Kier alpha value is -2.75. The fourth-order valence-electron chi connectivity index (χ4n) is 2.89. The maximum Gasteiger partial charge on any atom is 0.330 e. The summed E-state index contributed by atoms with van der Waals surface area (Å²) in [5.74, 6) is -0.822. The van der Waals surface area contributed by atoms with Gasteiger partial charge in [-0.05, 0) is 23.3 Å². The van der Waals surface area contributed by atoms with Crippen LogP contribution in [0.25, 0.3) is 0 Å². The molecule has 0 radical (unpaired) electrons. The number of nitrogens with zero attached hydrogens (tertiary/aromatic N) is 1. The molecule has 0 saturated carbocycles. The Balaban J connectivity index is 1.81. The molecule has 0 amide bonds. The Morgan fingerprint density at radius 3 is 2.41 bits per heavy atom. The van der Waals surface area contributed by atoms with E-state index < -0.39 is 28.3 Å². The monoisotopic (exact) mass is 392 g/mol. The fraction of sp³-hybridized carbons (Fsp3) is 0.222. The molecule has 0 spiro atoms. The molecule has 1 aliphatic rings. The zero-order valence-electron chi connectivity index (χ0n) is 14.5. The van der Waals surface area contributed by atoms with E-state index in [1.165, 1.54) is 19.2 Å². The molecule has 2 aromatic carbocycles. The van der Waals surface area contributed by atoms with Crippen LogP contribution < -0.4 is 9.03 Å². The van der Waals surface area contributed by atoms with Crippen LogP contribution in [0.5, 0.6) is 5.75 Å². The smallest absolute Gasteiger partial charge is 0.330 e. The first-order valence-corrected chi connectivity index (χ1v) is 9.56. The molecule has 27 heavy (non-hydrogen) atoms. The molecule has 0 fully saturated rings. The Kier molecular flexibility index (Phi) is 5.26. The zero-order chi connectivity index (χ0) is 19.6. The van der Waals surface area contributed by atoms with Crippen LogP contribution in [0.15, 0.2) is 60.6 Å². The summed E-state index contributed by atoms with van der Waals surface area (Å²) in [6.45, 7) is 0. The first-order valence-electron chi connectivity index (χ1n) is 8.12. The molecular weight excluding hydrogens is 372 g/mol. The first-order chi connectivity index (χ1) is 12.8. The van der Waals surface area contributed by atoms with Gasteiger partial charge in [-0.2, -0.15) is 8.42 Å². The number of methoxy groups -OCH3 is 1. The summed E-state index contributed by atoms with van der Waals surface area (Å²) in [6, 6.07) is 13.5. The Morgan fingerprint density at radius 2 is 1.85 bits per heavy atom. The summed E-state index contributed by atoms with van der Waals surface area (Å²) in [5, 5.41) is 30.1. The van der Waals surface area contributed by atoms with Gasteiger partial charge in [-0.25, -0.2) is 9.03 Å². The van der Waals surface area contributed by atoms with Gasteiger partial charge < -0.3 is 20.1 Å². The Morgan fingerprint density at radius 1 is 1.15 bits per heavy atom. The summed E-state index contributed by atoms with van der Waals surface area (Å²) in [6.07, 6.45) is -0.159. The molecule has 0 aliphatic carbocycles. The number of hydrogen-bond donors (Lipinski definition) is 4. The van der Waals surface area contributed by atoms with E-state index in [2.05, 4.69) is 0 Å². The molecule has 4 N–H and O–H groups in total. The number of aromatic hydroxyl groups is 1. The second-order valence-corrected chi connectivity index (χ2v) is 7.62. The van der Waals surface area contributed by atoms with Crippen LogP contribution in [0.3, 0.4) is 0 Å². The van der Waals surface area contributed by atoms with Crippen molar-refractivity contribution >= 4 is 15.9 Å². The largest absolute Gasteiger partial charge is 0.506 e. The minimum Gasteiger partial charge on any atom is -0.506 e. The van der Waals surface area contributed by atoms with Crippen molar-refractivity contribution in [2.75, 3.05) is 11.4 Å². The lowest BCUT2D eigenvalue weighted by Gasteiger charge is -2.23. The Bertz CT molecular complexity index is 946. The highest BCUT2D eigenvalue weighted by molar-refractivity contribution is 7.91. The highest BCUT2D eigenvalue weighted by Crippen LogP contribution is 2.33. The third-order valence-electron chi connectivity index (χ3n) is 4.24. The van der Waals surface area contributed by atoms with Crippen molar-refractivity contribution < 1.29 is 28.5 Å². The summed E-state index contributed by atoms with van der Waals surface area (Å²) in [7, 11) is -2.50. The third-order valence-corrected chi connectivity index (χ3v) is 5.53. The van der Waals surface area contributed by atoms with E-state index >= 15 is 0 Å². The molecule has 2 atom stereocenters. The van der Waals surface area contributed by atoms with Gasteiger partial charge in [-0.1, -0.05) is 36.4 Å². The molecule has 3 rings (SSSR count). The van der Waals surface area contributed by atoms with Crippen molar-refractivity contribution in [3.8, 4) is 5.75 Å². The minimum atomic E-state index is -3.99. The maximum atomic E-state index is 11.9. The minimum absolute atomic E-state index is 0.00660. The molecule has 2 aromatic rings. The van der Waals surface area contributed by atoms with Gasteiger partial charge in [-0.15, -0.1) is 0 Å². The summed E-state index contributed by atoms with van der Waals surface area (Å²) >= 11 is 0. The van der Waals surface area contributed by atoms with Crippen molar-refractivity contribution in [2.45, 2.75) is 18.6 Å². The van der Waals surface area contributed by atoms with Crippen molar-refractivity contribution in [3.63, 3.8) is 0 Å². The average Bonchev–Trinajstić information content (AvgIpc) is 2.92. The number of phenols is 1. The molecule has 144 valence electrons. The average molecular weight is 392 g/mol. The number of ether oxygens (including phenoxy) is 1. The highest BCUT2D eigenvalue weighted by Gasteiger charge is 2.30. The van der Waals surface area contributed by atoms with E-state index in [0.29, 0.717) is 17.5 Å². The molecule has 1 heterocycles. The predicted molar refractivity (Wildman–Crippen MR) is 99.3 cm³/mol. The van der Waals surface area contributed by atoms with Gasteiger partial charge in [-0.3, -0.25) is 0 Å². The standard InChI is InChI=1S/C18H20N2O6S/c1-26-16(18(23)13-5-3-2-4-6-13)10-12-7-8-14(15(21)9-12)20-11-17(22)19-27(20,24)25/h2-9,11,16,18-19,21-23H,10H2,1H3. The third kappa shape index (κ3) is 4.00. The van der Waals surface area contributed by atoms with Crippen molar-refractivity contribution in [2.24, 2.45) is 0 Å². The molecule has 8 nitrogen and oxygen atoms in total. The number of phenolic OH excluding ortho intramolecular Hbond substituents is 1. The highest BCUT2D eigenvalue weighted by atomic mass is 32.2. The number of rotatable bonds is 6. The lowest BCUT2D eigenvalue weighted by Crippen LogP contribution is -2.29. The quantitative estimate of drug-likeness (QED) is 0.594. The molecule has 0 bridgehead atoms. The number of anilines is 1. The molecular formula is C18H20N2O6S. The van der Waals surface area contributed by atoms with Crippen LogP contribution in [0.2, 0.25) is 0 Å². The number of aliphatic hydroxyl groups excluding tert-OH is 2. The van der Waals surface area contributed by atoms with E-state index in [-0.39, 0.29) is 11.4 Å². The van der Waals surface area contributed by atoms with Crippen molar-refractivity contribution in [1.29, 1.82) is 0 Å². The summed E-state index contributed by atoms with van der Waals surface area (Å²) in [5.41, 5.74) is 1.35. The fourth-order valence-corrected chi connectivity index (χ4v) is 3.96. The lowest BCUT2D eigenvalue weighted by molar-refractivity contribution is -0.0125. The predicted octanol–water partition coefficient (Wildman–Crippen LogP) is 1.69. The molecule has 0 saturated heterocycles. The van der Waals surface area contributed by atoms with Gasteiger partial charge in [0.25, 0.3) is 0 Å². The Labute approximate surface area is 157 Å². The van der Waals surface area contributed by atoms with Gasteiger partial charge >= 0.3 is 10.2 Å². The second-order valence-electron chi connectivity index (χ2n) is 6.07. The van der Waals surface area contributed by atoms with E-state index in [9.17, 15) is 23.7 Å². The van der Waals surface area contributed by atoms with Crippen LogP contribution in [-0.4, -0.2) is 37.0 Å². The van der Waals surface area contributed by atoms with Crippen LogP contribution >= 0.6 is 0 Å². The van der Waals surface area contributed by atoms with Gasteiger partial charge in [0.2, 0.25) is 5.88 Å². The number of nitrogens with one attached hydrogen (secondary N) is 1. The molecule has 2 unspecified atom stereocenters. The van der Waals surface area contributed by atoms with Gasteiger partial charge in [0, 0.05) is 13.5 Å². The normalized spacial score (nSPS) is 17.9. The SMILES string of the molecule is COC(Cc1ccc(N2C=C(O)NS2(=O)=O)c(O)c1)C(O)c1ccccc1. The number of benzene rings is 2. The first kappa shape index (κ1) is 19.0. The summed E-state index contributed by atoms with van der Waals surface area (Å²) in [4.78, 5) is 0. The van der Waals surface area contributed by atoms with E-state index in [4.69, 9.17) is 4.74 Å². The lowest BCUT2D eigenvalue weighted by atomic mass is 9.98. The van der Waals surface area contributed by atoms with Crippen LogP contribution in [0, 0.1) is 0 Å². The van der Waals surface area contributed by atoms with E-state index in [1.807, 2.05) is 22.9 Å². The van der Waals surface area contributed by atoms with E-state index in [1.54, 1.807) is 18.2 Å². The maximum absolute atomic E-state index is 11.9. The van der Waals surface area contributed by atoms with E-state index in [0.717, 1.165) is 10.5 Å². The molecule has 0 aromatic heterocycles. The van der Waals surface area contributed by atoms with Crippen molar-refractivity contribution in [3.05, 3.63) is 71.7 Å². The molecule has 9 heteroatoms. The molecule has 1 aliphatic heterocycles. The van der Waals surface area contributed by atoms with Gasteiger partial charge in [0.05, 0.1) is 12.3 Å². The second kappa shape index (κ2) is 7.47. The zero-order valence-corrected chi connectivity index (χ0v) is 15.3. The van der Waals surface area contributed by atoms with Crippen molar-refractivity contribution in [1.82, 2.24) is 4.72 Å². The topological polar surface area (TPSA) is 119 Å². The van der Waals surface area contributed by atoms with Gasteiger partial charge in [0.15, 0.2) is 0 Å². The summed E-state index contributed by atoms with van der Waals surface area (Å²) < 4.78 is 31.9. The van der Waals surface area contributed by atoms with Crippen LogP contribution in [-0.2, 0) is 21.4 Å². The number of aliphatic hydroxyl groups is 2.